The molecule has 0 aliphatic heterocycles. The lowest BCUT2D eigenvalue weighted by Crippen LogP contribution is -2.29. The molecule has 0 radical (unpaired) electrons. The van der Waals surface area contributed by atoms with Crippen LogP contribution >= 0.6 is 0 Å². The Balaban J connectivity index is 1.92. The molecule has 3 aromatic rings. The van der Waals surface area contributed by atoms with Crippen LogP contribution in [0, 0.1) is 0 Å². The number of nitrogens with zero attached hydrogens (tertiary/aromatic N) is 2. The van der Waals surface area contributed by atoms with Gasteiger partial charge in [0.15, 0.2) is 5.58 Å². The van der Waals surface area contributed by atoms with Crippen LogP contribution in [0.5, 0.6) is 0 Å². The number of halogens is 3. The highest BCUT2D eigenvalue weighted by Gasteiger charge is 2.38. The largest absolute Gasteiger partial charge is 0.471 e. The van der Waals surface area contributed by atoms with Crippen molar-refractivity contribution in [3.63, 3.8) is 0 Å². The van der Waals surface area contributed by atoms with Gasteiger partial charge in [-0.1, -0.05) is 0 Å². The summed E-state index contributed by atoms with van der Waals surface area (Å²) in [6, 6.07) is 7.46. The third kappa shape index (κ3) is 2.76. The standard InChI is InChI=1S/C14H8F3N3O2/c15-14(16,17)13(21)19-9-1-2-10-11(7-9)22-12(20-10)8-3-5-18-6-4-8/h1-7H,(H,19,21). The lowest BCUT2D eigenvalue weighted by Gasteiger charge is -2.07. The average molecular weight is 307 g/mol. The first-order valence-electron chi connectivity index (χ1n) is 6.12. The van der Waals surface area contributed by atoms with Crippen molar-refractivity contribution in [3.8, 4) is 11.5 Å². The van der Waals surface area contributed by atoms with E-state index in [9.17, 15) is 18.0 Å². The van der Waals surface area contributed by atoms with E-state index < -0.39 is 12.1 Å². The summed E-state index contributed by atoms with van der Waals surface area (Å²) in [5, 5.41) is 1.76. The highest BCUT2D eigenvalue weighted by atomic mass is 19.4. The summed E-state index contributed by atoms with van der Waals surface area (Å²) in [5.74, 6) is -1.72. The predicted octanol–water partition coefficient (Wildman–Crippen LogP) is 3.39. The molecule has 8 heteroatoms. The first-order valence-corrected chi connectivity index (χ1v) is 6.12. The van der Waals surface area contributed by atoms with Gasteiger partial charge in [-0.3, -0.25) is 9.78 Å². The molecule has 0 bridgehead atoms. The van der Waals surface area contributed by atoms with Crippen LogP contribution in [-0.4, -0.2) is 22.1 Å². The summed E-state index contributed by atoms with van der Waals surface area (Å²) in [6.07, 6.45) is -1.81. The highest BCUT2D eigenvalue weighted by Crippen LogP contribution is 2.26. The van der Waals surface area contributed by atoms with Gasteiger partial charge in [0.1, 0.15) is 5.52 Å². The zero-order chi connectivity index (χ0) is 15.7. The Kier molecular flexibility index (Phi) is 3.28. The molecule has 1 aromatic carbocycles. The Morgan fingerprint density at radius 2 is 1.86 bits per heavy atom. The topological polar surface area (TPSA) is 68.0 Å². The number of aromatic nitrogens is 2. The maximum atomic E-state index is 12.2. The normalized spacial score (nSPS) is 11.6. The molecule has 3 rings (SSSR count). The van der Waals surface area contributed by atoms with Gasteiger partial charge in [0, 0.05) is 29.7 Å². The van der Waals surface area contributed by atoms with E-state index in [1.807, 2.05) is 0 Å². The number of pyridine rings is 1. The minimum absolute atomic E-state index is 0.0211. The second-order valence-corrected chi connectivity index (χ2v) is 4.39. The van der Waals surface area contributed by atoms with E-state index in [2.05, 4.69) is 9.97 Å². The number of amides is 1. The van der Waals surface area contributed by atoms with Crippen LogP contribution in [0.2, 0.25) is 0 Å². The molecule has 0 unspecified atom stereocenters. The molecule has 1 N–H and O–H groups in total. The summed E-state index contributed by atoms with van der Waals surface area (Å²) in [7, 11) is 0. The van der Waals surface area contributed by atoms with Crippen molar-refractivity contribution in [2.24, 2.45) is 0 Å². The zero-order valence-electron chi connectivity index (χ0n) is 10.9. The summed E-state index contributed by atoms with van der Waals surface area (Å²) < 4.78 is 42.2. The Bertz CT molecular complexity index is 828. The Morgan fingerprint density at radius 1 is 1.14 bits per heavy atom. The maximum Gasteiger partial charge on any atom is 0.471 e. The number of carbonyl (C=O) groups excluding carboxylic acids is 1. The second-order valence-electron chi connectivity index (χ2n) is 4.39. The fraction of sp³-hybridized carbons (Fsp3) is 0.0714. The SMILES string of the molecule is O=C(Nc1ccc2nc(-c3ccncc3)oc2c1)C(F)(F)F. The molecule has 2 heterocycles. The van der Waals surface area contributed by atoms with Crippen LogP contribution < -0.4 is 5.32 Å². The summed E-state index contributed by atoms with van der Waals surface area (Å²) in [4.78, 5) is 19.0. The monoisotopic (exact) mass is 307 g/mol. The number of benzene rings is 1. The molecular weight excluding hydrogens is 299 g/mol. The smallest absolute Gasteiger partial charge is 0.436 e. The number of anilines is 1. The van der Waals surface area contributed by atoms with E-state index in [0.29, 0.717) is 17.0 Å². The zero-order valence-corrected chi connectivity index (χ0v) is 10.9. The molecular formula is C14H8F3N3O2. The second kappa shape index (κ2) is 5.14. The predicted molar refractivity (Wildman–Crippen MR) is 71.9 cm³/mol. The number of hydrogen-bond donors (Lipinski definition) is 1. The van der Waals surface area contributed by atoms with E-state index in [-0.39, 0.29) is 11.3 Å². The van der Waals surface area contributed by atoms with E-state index in [0.717, 1.165) is 0 Å². The van der Waals surface area contributed by atoms with Crippen molar-refractivity contribution in [2.75, 3.05) is 5.32 Å². The van der Waals surface area contributed by atoms with Gasteiger partial charge in [0.2, 0.25) is 5.89 Å². The minimum atomic E-state index is -4.95. The Labute approximate surface area is 121 Å². The molecule has 1 amide bonds. The fourth-order valence-electron chi connectivity index (χ4n) is 1.82. The number of hydrogen-bond acceptors (Lipinski definition) is 4. The molecule has 112 valence electrons. The van der Waals surface area contributed by atoms with Gasteiger partial charge >= 0.3 is 12.1 Å². The van der Waals surface area contributed by atoms with Gasteiger partial charge in [-0.05, 0) is 24.3 Å². The van der Waals surface area contributed by atoms with Crippen molar-refractivity contribution >= 4 is 22.7 Å². The molecule has 2 aromatic heterocycles. The molecule has 22 heavy (non-hydrogen) atoms. The molecule has 0 saturated carbocycles. The van der Waals surface area contributed by atoms with Crippen LogP contribution in [0.25, 0.3) is 22.6 Å². The fourth-order valence-corrected chi connectivity index (χ4v) is 1.82. The molecule has 0 aliphatic rings. The van der Waals surface area contributed by atoms with Crippen molar-refractivity contribution in [1.82, 2.24) is 9.97 Å². The van der Waals surface area contributed by atoms with E-state index in [4.69, 9.17) is 4.42 Å². The van der Waals surface area contributed by atoms with Crippen molar-refractivity contribution in [2.45, 2.75) is 6.18 Å². The van der Waals surface area contributed by atoms with Crippen molar-refractivity contribution < 1.29 is 22.4 Å². The molecule has 5 nitrogen and oxygen atoms in total. The molecule has 0 saturated heterocycles. The van der Waals surface area contributed by atoms with Crippen LogP contribution in [0.4, 0.5) is 18.9 Å². The molecule has 0 spiro atoms. The van der Waals surface area contributed by atoms with Gasteiger partial charge in [0.05, 0.1) is 0 Å². The van der Waals surface area contributed by atoms with Crippen molar-refractivity contribution in [1.29, 1.82) is 0 Å². The summed E-state index contributed by atoms with van der Waals surface area (Å²) in [6.45, 7) is 0. The van der Waals surface area contributed by atoms with Crippen molar-refractivity contribution in [3.05, 3.63) is 42.7 Å². The van der Waals surface area contributed by atoms with Gasteiger partial charge in [-0.2, -0.15) is 13.2 Å². The van der Waals surface area contributed by atoms with E-state index in [1.165, 1.54) is 18.2 Å². The summed E-state index contributed by atoms with van der Waals surface area (Å²) >= 11 is 0. The average Bonchev–Trinajstić information content (AvgIpc) is 2.90. The number of alkyl halides is 3. The number of fused-ring (bicyclic) bond motifs is 1. The summed E-state index contributed by atoms with van der Waals surface area (Å²) in [5.41, 5.74) is 1.41. The quantitative estimate of drug-likeness (QED) is 0.788. The molecule has 0 fully saturated rings. The molecule has 0 atom stereocenters. The number of rotatable bonds is 2. The number of nitrogens with one attached hydrogen (secondary N) is 1. The van der Waals surface area contributed by atoms with Crippen LogP contribution in [0.1, 0.15) is 0 Å². The Morgan fingerprint density at radius 3 is 2.55 bits per heavy atom. The van der Waals surface area contributed by atoms with E-state index in [1.54, 1.807) is 29.8 Å². The molecule has 0 aliphatic carbocycles. The lowest BCUT2D eigenvalue weighted by atomic mass is 10.3. The van der Waals surface area contributed by atoms with Gasteiger partial charge in [-0.15, -0.1) is 0 Å². The number of carbonyl (C=O) groups is 1. The van der Waals surface area contributed by atoms with Gasteiger partial charge in [0.25, 0.3) is 0 Å². The number of oxazole rings is 1. The lowest BCUT2D eigenvalue weighted by molar-refractivity contribution is -0.167. The third-order valence-electron chi connectivity index (χ3n) is 2.83. The first kappa shape index (κ1) is 14.1. The first-order chi connectivity index (χ1) is 10.4. The van der Waals surface area contributed by atoms with Gasteiger partial charge in [-0.25, -0.2) is 4.98 Å². The van der Waals surface area contributed by atoms with Crippen LogP contribution in [0.15, 0.2) is 47.1 Å². The highest BCUT2D eigenvalue weighted by molar-refractivity contribution is 5.96. The van der Waals surface area contributed by atoms with Crippen LogP contribution in [-0.2, 0) is 4.79 Å². The maximum absolute atomic E-state index is 12.2. The Hall–Kier alpha value is -2.90. The van der Waals surface area contributed by atoms with Gasteiger partial charge < -0.3 is 9.73 Å². The third-order valence-corrected chi connectivity index (χ3v) is 2.83. The van der Waals surface area contributed by atoms with Crippen LogP contribution in [0.3, 0.4) is 0 Å². The van der Waals surface area contributed by atoms with E-state index >= 15 is 0 Å². The minimum Gasteiger partial charge on any atom is -0.436 e.